The standard InChI is InChI=1S/C27H27FN4O2/c1-13-23-20-11-22(24(13)23)32-25(20)27(34)31-18(12-29)9-17-3-2-15(10-21(17)28)14-4-5-19-16(8-14)6-7-30-26(19)33/h2-5,8,10,13,18,20,22-25,32H,6-7,9,11H2,1H3,(H,30,33)(H,31,34)/t13?,18-,20+,22-,23?,24?,25-/m0/s1. The number of nitrogens with one attached hydrogen (secondary N) is 3. The van der Waals surface area contributed by atoms with E-state index in [-0.39, 0.29) is 24.3 Å². The van der Waals surface area contributed by atoms with Crippen molar-refractivity contribution >= 4 is 11.8 Å². The maximum absolute atomic E-state index is 15.0. The second-order valence-electron chi connectivity index (χ2n) is 10.2. The Labute approximate surface area is 197 Å². The first kappa shape index (κ1) is 21.3. The Morgan fingerprint density at radius 3 is 2.79 bits per heavy atom. The number of carbonyl (C=O) groups is 2. The molecule has 174 valence electrons. The van der Waals surface area contributed by atoms with E-state index in [4.69, 9.17) is 0 Å². The smallest absolute Gasteiger partial charge is 0.251 e. The van der Waals surface area contributed by atoms with Crippen LogP contribution >= 0.6 is 0 Å². The number of rotatable bonds is 5. The number of hydrogen-bond donors (Lipinski definition) is 3. The van der Waals surface area contributed by atoms with E-state index in [9.17, 15) is 19.2 Å². The third kappa shape index (κ3) is 3.40. The number of halogens is 1. The van der Waals surface area contributed by atoms with Gasteiger partial charge in [0.2, 0.25) is 5.91 Å². The molecule has 6 nitrogen and oxygen atoms in total. The fraction of sp³-hybridized carbons (Fsp3) is 0.444. The molecule has 2 aromatic rings. The molecule has 2 aliphatic heterocycles. The summed E-state index contributed by atoms with van der Waals surface area (Å²) < 4.78 is 15.0. The van der Waals surface area contributed by atoms with E-state index < -0.39 is 11.9 Å². The summed E-state index contributed by atoms with van der Waals surface area (Å²) in [6.45, 7) is 2.85. The number of nitrogens with zero attached hydrogens (tertiary/aromatic N) is 1. The van der Waals surface area contributed by atoms with Gasteiger partial charge in [-0.2, -0.15) is 5.26 Å². The molecule has 34 heavy (non-hydrogen) atoms. The average molecular weight is 459 g/mol. The highest BCUT2D eigenvalue weighted by Gasteiger charge is 2.67. The Balaban J connectivity index is 1.14. The maximum atomic E-state index is 15.0. The van der Waals surface area contributed by atoms with Crippen molar-refractivity contribution in [2.75, 3.05) is 6.54 Å². The maximum Gasteiger partial charge on any atom is 0.251 e. The lowest BCUT2D eigenvalue weighted by atomic mass is 9.93. The molecule has 2 aromatic carbocycles. The lowest BCUT2D eigenvalue weighted by molar-refractivity contribution is -0.124. The molecular formula is C27H27FN4O2. The van der Waals surface area contributed by atoms with Crippen molar-refractivity contribution in [3.05, 3.63) is 58.9 Å². The van der Waals surface area contributed by atoms with Crippen LogP contribution in [0.1, 0.15) is 34.8 Å². The van der Waals surface area contributed by atoms with Crippen molar-refractivity contribution in [2.24, 2.45) is 23.7 Å². The lowest BCUT2D eigenvalue weighted by Gasteiger charge is -2.23. The zero-order valence-corrected chi connectivity index (χ0v) is 19.0. The van der Waals surface area contributed by atoms with Crippen LogP contribution in [0.25, 0.3) is 11.1 Å². The summed E-state index contributed by atoms with van der Waals surface area (Å²) in [5.41, 5.74) is 3.58. The predicted octanol–water partition coefficient (Wildman–Crippen LogP) is 2.57. The van der Waals surface area contributed by atoms with E-state index in [1.54, 1.807) is 12.1 Å². The van der Waals surface area contributed by atoms with Crippen molar-refractivity contribution in [1.29, 1.82) is 5.26 Å². The van der Waals surface area contributed by atoms with E-state index in [1.165, 1.54) is 6.07 Å². The highest BCUT2D eigenvalue weighted by Crippen LogP contribution is 2.64. The van der Waals surface area contributed by atoms with Crippen LogP contribution in [0.2, 0.25) is 0 Å². The monoisotopic (exact) mass is 458 g/mol. The molecule has 2 aliphatic carbocycles. The molecule has 7 atom stereocenters. The highest BCUT2D eigenvalue weighted by molar-refractivity contribution is 5.97. The second-order valence-corrected chi connectivity index (χ2v) is 10.2. The van der Waals surface area contributed by atoms with Crippen LogP contribution in [0.4, 0.5) is 4.39 Å². The quantitative estimate of drug-likeness (QED) is 0.642. The molecule has 4 aliphatic rings. The molecule has 1 saturated heterocycles. The number of fused-ring (bicyclic) bond motifs is 6. The van der Waals surface area contributed by atoms with E-state index in [1.807, 2.05) is 18.2 Å². The Hall–Kier alpha value is -3.24. The van der Waals surface area contributed by atoms with Crippen LogP contribution < -0.4 is 16.0 Å². The van der Waals surface area contributed by atoms with Gasteiger partial charge < -0.3 is 16.0 Å². The molecule has 7 heteroatoms. The van der Waals surface area contributed by atoms with Gasteiger partial charge in [0.25, 0.3) is 5.91 Å². The van der Waals surface area contributed by atoms with Crippen LogP contribution in [0.5, 0.6) is 0 Å². The first-order chi connectivity index (χ1) is 16.4. The molecule has 6 rings (SSSR count). The fourth-order valence-electron chi connectivity index (χ4n) is 6.72. The summed E-state index contributed by atoms with van der Waals surface area (Å²) in [6.07, 6.45) is 1.90. The number of benzene rings is 2. The SMILES string of the molecule is CC1C2C1[C@H]1C[C@@H]2N[C@@H]1C(=O)N[C@H](C#N)Cc1ccc(-c2ccc3c(c2)CCNC3=O)cc1F. The number of nitriles is 1. The van der Waals surface area contributed by atoms with Crippen LogP contribution in [-0.2, 0) is 17.6 Å². The summed E-state index contributed by atoms with van der Waals surface area (Å²) in [7, 11) is 0. The van der Waals surface area contributed by atoms with Gasteiger partial charge in [-0.1, -0.05) is 31.2 Å². The summed E-state index contributed by atoms with van der Waals surface area (Å²) in [6, 6.07) is 12.0. The van der Waals surface area contributed by atoms with Gasteiger partial charge in [0.1, 0.15) is 11.9 Å². The highest BCUT2D eigenvalue weighted by atomic mass is 19.1. The minimum atomic E-state index is -0.788. The van der Waals surface area contributed by atoms with Gasteiger partial charge in [0.05, 0.1) is 12.1 Å². The van der Waals surface area contributed by atoms with Crippen molar-refractivity contribution in [2.45, 2.75) is 44.3 Å². The van der Waals surface area contributed by atoms with Crippen molar-refractivity contribution in [1.82, 2.24) is 16.0 Å². The largest absolute Gasteiger partial charge is 0.352 e. The minimum Gasteiger partial charge on any atom is -0.352 e. The Kier molecular flexibility index (Phi) is 4.96. The third-order valence-corrected chi connectivity index (χ3v) is 8.42. The van der Waals surface area contributed by atoms with Gasteiger partial charge in [0.15, 0.2) is 0 Å². The van der Waals surface area contributed by atoms with Gasteiger partial charge in [-0.05, 0) is 70.9 Å². The van der Waals surface area contributed by atoms with Crippen molar-refractivity contribution in [3.8, 4) is 17.2 Å². The Morgan fingerprint density at radius 1 is 1.24 bits per heavy atom. The zero-order chi connectivity index (χ0) is 23.6. The zero-order valence-electron chi connectivity index (χ0n) is 19.0. The first-order valence-corrected chi connectivity index (χ1v) is 12.1. The molecule has 2 heterocycles. The molecule has 0 spiro atoms. The number of piperidine rings is 1. The molecule has 2 saturated carbocycles. The summed E-state index contributed by atoms with van der Waals surface area (Å²) in [4.78, 5) is 24.8. The van der Waals surface area contributed by atoms with E-state index in [2.05, 4.69) is 28.9 Å². The van der Waals surface area contributed by atoms with Crippen LogP contribution in [0.3, 0.4) is 0 Å². The number of carbonyl (C=O) groups excluding carboxylic acids is 2. The lowest BCUT2D eigenvalue weighted by Crippen LogP contribution is -2.51. The van der Waals surface area contributed by atoms with E-state index in [0.717, 1.165) is 24.0 Å². The van der Waals surface area contributed by atoms with Gasteiger partial charge in [-0.25, -0.2) is 4.39 Å². The molecular weight excluding hydrogens is 431 g/mol. The molecule has 3 unspecified atom stereocenters. The summed E-state index contributed by atoms with van der Waals surface area (Å²) >= 11 is 0. The van der Waals surface area contributed by atoms with Gasteiger partial charge >= 0.3 is 0 Å². The van der Waals surface area contributed by atoms with Crippen LogP contribution in [-0.4, -0.2) is 36.5 Å². The molecule has 0 radical (unpaired) electrons. The van der Waals surface area contributed by atoms with Crippen molar-refractivity contribution < 1.29 is 14.0 Å². The fourth-order valence-corrected chi connectivity index (χ4v) is 6.72. The van der Waals surface area contributed by atoms with Gasteiger partial charge in [-0.15, -0.1) is 0 Å². The van der Waals surface area contributed by atoms with Crippen molar-refractivity contribution in [3.63, 3.8) is 0 Å². The summed E-state index contributed by atoms with van der Waals surface area (Å²) in [5, 5.41) is 18.7. The molecule has 3 N–H and O–H groups in total. The number of amides is 2. The van der Waals surface area contributed by atoms with Crippen LogP contribution in [0, 0.1) is 40.8 Å². The summed E-state index contributed by atoms with van der Waals surface area (Å²) in [5.74, 6) is 1.74. The van der Waals surface area contributed by atoms with Gasteiger partial charge in [-0.3, -0.25) is 9.59 Å². The second kappa shape index (κ2) is 7.92. The predicted molar refractivity (Wildman–Crippen MR) is 124 cm³/mol. The van der Waals surface area contributed by atoms with Crippen LogP contribution in [0.15, 0.2) is 36.4 Å². The minimum absolute atomic E-state index is 0.0778. The topological polar surface area (TPSA) is 94.0 Å². The third-order valence-electron chi connectivity index (χ3n) is 8.42. The molecule has 3 fully saturated rings. The van der Waals surface area contributed by atoms with E-state index in [0.29, 0.717) is 52.9 Å². The van der Waals surface area contributed by atoms with Gasteiger partial charge in [0, 0.05) is 24.6 Å². The average Bonchev–Trinajstić information content (AvgIpc) is 3.17. The first-order valence-electron chi connectivity index (χ1n) is 12.1. The Bertz CT molecular complexity index is 1240. The Morgan fingerprint density at radius 2 is 2.03 bits per heavy atom. The normalized spacial score (nSPS) is 31.1. The molecule has 2 bridgehead atoms. The molecule has 0 aromatic heterocycles. The molecule has 2 amide bonds. The van der Waals surface area contributed by atoms with E-state index >= 15 is 0 Å². The number of hydrogen-bond acceptors (Lipinski definition) is 4.